The highest BCUT2D eigenvalue weighted by Crippen LogP contribution is 2.29. The summed E-state index contributed by atoms with van der Waals surface area (Å²) in [5.74, 6) is 0. The van der Waals surface area contributed by atoms with Crippen LogP contribution in [0, 0.1) is 0 Å². The highest BCUT2D eigenvalue weighted by Gasteiger charge is 2.16. The summed E-state index contributed by atoms with van der Waals surface area (Å²) in [6.07, 6.45) is 3.99. The number of nitrogens with one attached hydrogen (secondary N) is 2. The van der Waals surface area contributed by atoms with Crippen molar-refractivity contribution in [1.82, 2.24) is 9.97 Å². The van der Waals surface area contributed by atoms with E-state index < -0.39 is 0 Å². The van der Waals surface area contributed by atoms with E-state index in [1.165, 1.54) is 11.1 Å². The fraction of sp³-hybridized carbons (Fsp3) is 0.182. The SMILES string of the molecule is O=c1ccc2c([nH]1)-c1[nH]ccc1CC2. The van der Waals surface area contributed by atoms with E-state index in [1.807, 2.05) is 12.3 Å². The Labute approximate surface area is 80.8 Å². The van der Waals surface area contributed by atoms with Crippen molar-refractivity contribution in [2.45, 2.75) is 12.8 Å². The zero-order chi connectivity index (χ0) is 9.54. The molecule has 0 atom stereocenters. The van der Waals surface area contributed by atoms with Gasteiger partial charge in [0.1, 0.15) is 0 Å². The van der Waals surface area contributed by atoms with Crippen LogP contribution in [0.2, 0.25) is 0 Å². The number of aromatic nitrogens is 2. The molecule has 0 radical (unpaired) electrons. The van der Waals surface area contributed by atoms with Crippen LogP contribution in [0.1, 0.15) is 11.1 Å². The van der Waals surface area contributed by atoms with Crippen molar-refractivity contribution in [1.29, 1.82) is 0 Å². The molecule has 2 N–H and O–H groups in total. The Hall–Kier alpha value is -1.77. The molecule has 0 saturated carbocycles. The number of rotatable bonds is 0. The van der Waals surface area contributed by atoms with E-state index in [4.69, 9.17) is 0 Å². The van der Waals surface area contributed by atoms with E-state index in [9.17, 15) is 4.79 Å². The first-order chi connectivity index (χ1) is 6.84. The number of pyridine rings is 1. The van der Waals surface area contributed by atoms with Crippen molar-refractivity contribution in [3.8, 4) is 11.4 Å². The zero-order valence-corrected chi connectivity index (χ0v) is 7.63. The number of aromatic amines is 2. The lowest BCUT2D eigenvalue weighted by Gasteiger charge is -2.14. The molecular weight excluding hydrogens is 176 g/mol. The maximum atomic E-state index is 11.2. The van der Waals surface area contributed by atoms with Crippen molar-refractivity contribution < 1.29 is 0 Å². The van der Waals surface area contributed by atoms with Crippen LogP contribution < -0.4 is 5.56 Å². The summed E-state index contributed by atoms with van der Waals surface area (Å²) < 4.78 is 0. The zero-order valence-electron chi connectivity index (χ0n) is 7.63. The first-order valence-corrected chi connectivity index (χ1v) is 4.73. The first-order valence-electron chi connectivity index (χ1n) is 4.73. The largest absolute Gasteiger partial charge is 0.360 e. The third-order valence-electron chi connectivity index (χ3n) is 2.75. The molecule has 1 aliphatic carbocycles. The van der Waals surface area contributed by atoms with E-state index in [0.717, 1.165) is 24.2 Å². The van der Waals surface area contributed by atoms with Gasteiger partial charge in [0.25, 0.3) is 0 Å². The van der Waals surface area contributed by atoms with Crippen molar-refractivity contribution in [2.75, 3.05) is 0 Å². The minimum atomic E-state index is -0.0359. The van der Waals surface area contributed by atoms with Gasteiger partial charge in [-0.05, 0) is 30.0 Å². The van der Waals surface area contributed by atoms with Gasteiger partial charge in [-0.3, -0.25) is 4.79 Å². The predicted molar refractivity (Wildman–Crippen MR) is 54.3 cm³/mol. The fourth-order valence-corrected chi connectivity index (χ4v) is 2.05. The Balaban J connectivity index is 2.34. The Kier molecular flexibility index (Phi) is 1.42. The van der Waals surface area contributed by atoms with E-state index in [1.54, 1.807) is 6.07 Å². The molecule has 14 heavy (non-hydrogen) atoms. The average Bonchev–Trinajstić information content (AvgIpc) is 2.65. The molecule has 0 aliphatic heterocycles. The van der Waals surface area contributed by atoms with Crippen molar-refractivity contribution >= 4 is 0 Å². The van der Waals surface area contributed by atoms with Gasteiger partial charge < -0.3 is 9.97 Å². The molecule has 0 spiro atoms. The van der Waals surface area contributed by atoms with Crippen LogP contribution in [0.4, 0.5) is 0 Å². The molecule has 0 aromatic carbocycles. The number of H-pyrrole nitrogens is 2. The second-order valence-corrected chi connectivity index (χ2v) is 3.60. The standard InChI is InChI=1S/C11H10N2O/c14-9-4-3-7-1-2-8-5-6-12-10(8)11(7)13-9/h3-6,12H,1-2H2,(H,13,14). The van der Waals surface area contributed by atoms with Crippen LogP contribution in [0.25, 0.3) is 11.4 Å². The summed E-state index contributed by atoms with van der Waals surface area (Å²) >= 11 is 0. The van der Waals surface area contributed by atoms with Crippen molar-refractivity contribution in [3.05, 3.63) is 45.9 Å². The highest BCUT2D eigenvalue weighted by molar-refractivity contribution is 5.65. The molecule has 0 saturated heterocycles. The molecule has 3 nitrogen and oxygen atoms in total. The van der Waals surface area contributed by atoms with Gasteiger partial charge in [-0.2, -0.15) is 0 Å². The van der Waals surface area contributed by atoms with Crippen LogP contribution in [-0.2, 0) is 12.8 Å². The third kappa shape index (κ3) is 0.954. The maximum Gasteiger partial charge on any atom is 0.248 e. The average molecular weight is 186 g/mol. The normalized spacial score (nSPS) is 13.4. The lowest BCUT2D eigenvalue weighted by Crippen LogP contribution is -2.12. The fourth-order valence-electron chi connectivity index (χ4n) is 2.05. The smallest absolute Gasteiger partial charge is 0.248 e. The summed E-state index contributed by atoms with van der Waals surface area (Å²) in [6.45, 7) is 0. The molecule has 0 bridgehead atoms. The van der Waals surface area contributed by atoms with E-state index in [2.05, 4.69) is 16.0 Å². The monoisotopic (exact) mass is 186 g/mol. The topological polar surface area (TPSA) is 48.6 Å². The molecule has 2 heterocycles. The molecule has 2 aromatic heterocycles. The molecule has 3 rings (SSSR count). The van der Waals surface area contributed by atoms with Gasteiger partial charge in [-0.15, -0.1) is 0 Å². The molecule has 3 heteroatoms. The van der Waals surface area contributed by atoms with Gasteiger partial charge in [-0.1, -0.05) is 6.07 Å². The van der Waals surface area contributed by atoms with Crippen LogP contribution in [0.3, 0.4) is 0 Å². The molecule has 1 aliphatic rings. The Bertz CT molecular complexity index is 536. The number of aryl methyl sites for hydroxylation is 2. The van der Waals surface area contributed by atoms with Gasteiger partial charge in [0.2, 0.25) is 5.56 Å². The summed E-state index contributed by atoms with van der Waals surface area (Å²) in [4.78, 5) is 17.3. The number of hydrogen-bond donors (Lipinski definition) is 2. The van der Waals surface area contributed by atoms with Crippen molar-refractivity contribution in [2.24, 2.45) is 0 Å². The Morgan fingerprint density at radius 2 is 1.79 bits per heavy atom. The lowest BCUT2D eigenvalue weighted by molar-refractivity contribution is 0.922. The minimum Gasteiger partial charge on any atom is -0.360 e. The quantitative estimate of drug-likeness (QED) is 0.643. The van der Waals surface area contributed by atoms with Gasteiger partial charge in [0, 0.05) is 12.3 Å². The van der Waals surface area contributed by atoms with Gasteiger partial charge in [-0.25, -0.2) is 0 Å². The summed E-state index contributed by atoms with van der Waals surface area (Å²) in [7, 11) is 0. The van der Waals surface area contributed by atoms with E-state index in [0.29, 0.717) is 0 Å². The van der Waals surface area contributed by atoms with Crippen LogP contribution in [0.15, 0.2) is 29.2 Å². The van der Waals surface area contributed by atoms with E-state index >= 15 is 0 Å². The molecule has 0 fully saturated rings. The predicted octanol–water partition coefficient (Wildman–Crippen LogP) is 1.47. The Morgan fingerprint density at radius 1 is 1.00 bits per heavy atom. The van der Waals surface area contributed by atoms with Crippen LogP contribution >= 0.6 is 0 Å². The molecule has 70 valence electrons. The summed E-state index contributed by atoms with van der Waals surface area (Å²) in [5, 5.41) is 0. The number of hydrogen-bond acceptors (Lipinski definition) is 1. The second-order valence-electron chi connectivity index (χ2n) is 3.60. The minimum absolute atomic E-state index is 0.0359. The van der Waals surface area contributed by atoms with Gasteiger partial charge in [0.15, 0.2) is 0 Å². The molecule has 0 unspecified atom stereocenters. The molecule has 0 amide bonds. The van der Waals surface area contributed by atoms with Crippen LogP contribution in [0.5, 0.6) is 0 Å². The first kappa shape index (κ1) is 7.62. The second kappa shape index (κ2) is 2.61. The lowest BCUT2D eigenvalue weighted by atomic mass is 9.94. The highest BCUT2D eigenvalue weighted by atomic mass is 16.1. The van der Waals surface area contributed by atoms with Crippen molar-refractivity contribution in [3.63, 3.8) is 0 Å². The third-order valence-corrected chi connectivity index (χ3v) is 2.75. The molecule has 2 aromatic rings. The summed E-state index contributed by atoms with van der Waals surface area (Å²) in [5.41, 5.74) is 4.51. The van der Waals surface area contributed by atoms with Crippen LogP contribution in [-0.4, -0.2) is 9.97 Å². The maximum absolute atomic E-state index is 11.2. The van der Waals surface area contributed by atoms with Gasteiger partial charge >= 0.3 is 0 Å². The number of fused-ring (bicyclic) bond motifs is 3. The van der Waals surface area contributed by atoms with E-state index in [-0.39, 0.29) is 5.56 Å². The summed E-state index contributed by atoms with van der Waals surface area (Å²) in [6, 6.07) is 5.58. The van der Waals surface area contributed by atoms with Gasteiger partial charge in [0.05, 0.1) is 11.4 Å². The Morgan fingerprint density at radius 3 is 2.64 bits per heavy atom. The molecular formula is C11H10N2O.